The molecule has 0 amide bonds. The molecule has 0 bridgehead atoms. The van der Waals surface area contributed by atoms with E-state index in [0.717, 1.165) is 25.1 Å². The molecule has 1 N–H and O–H groups in total. The lowest BCUT2D eigenvalue weighted by Crippen LogP contribution is -2.22. The van der Waals surface area contributed by atoms with Crippen LogP contribution in [0.5, 0.6) is 5.75 Å². The minimum absolute atomic E-state index is 0.398. The zero-order valence-corrected chi connectivity index (χ0v) is 10.8. The molecule has 16 heavy (non-hydrogen) atoms. The second-order valence-corrected chi connectivity index (χ2v) is 4.16. The van der Waals surface area contributed by atoms with E-state index >= 15 is 0 Å². The smallest absolute Gasteiger partial charge is 0.123 e. The standard InChI is InChI=1S/C14H23NO/c1-5-9-15-13(6-2)12-10-11(3)7-8-14(12)16-4/h7-8,10,13,15H,5-6,9H2,1-4H3. The van der Waals surface area contributed by atoms with E-state index in [2.05, 4.69) is 44.3 Å². The van der Waals surface area contributed by atoms with Crippen LogP contribution in [0.2, 0.25) is 0 Å². The molecule has 2 heteroatoms. The van der Waals surface area contributed by atoms with Crippen LogP contribution >= 0.6 is 0 Å². The molecule has 0 spiro atoms. The van der Waals surface area contributed by atoms with Gasteiger partial charge in [0.1, 0.15) is 5.75 Å². The summed E-state index contributed by atoms with van der Waals surface area (Å²) in [4.78, 5) is 0. The number of rotatable bonds is 6. The first-order valence-electron chi connectivity index (χ1n) is 6.10. The Bertz CT molecular complexity index is 323. The molecule has 0 aliphatic carbocycles. The molecule has 0 fully saturated rings. The van der Waals surface area contributed by atoms with E-state index < -0.39 is 0 Å². The molecule has 0 saturated carbocycles. The average molecular weight is 221 g/mol. The first-order chi connectivity index (χ1) is 7.72. The van der Waals surface area contributed by atoms with Gasteiger partial charge in [-0.1, -0.05) is 31.5 Å². The van der Waals surface area contributed by atoms with Crippen molar-refractivity contribution >= 4 is 0 Å². The van der Waals surface area contributed by atoms with Gasteiger partial charge in [-0.15, -0.1) is 0 Å². The predicted octanol–water partition coefficient (Wildman–Crippen LogP) is 3.45. The zero-order valence-electron chi connectivity index (χ0n) is 10.8. The van der Waals surface area contributed by atoms with Crippen molar-refractivity contribution < 1.29 is 4.74 Å². The van der Waals surface area contributed by atoms with Crippen molar-refractivity contribution in [3.05, 3.63) is 29.3 Å². The highest BCUT2D eigenvalue weighted by atomic mass is 16.5. The highest BCUT2D eigenvalue weighted by Crippen LogP contribution is 2.28. The van der Waals surface area contributed by atoms with Crippen molar-refractivity contribution in [1.29, 1.82) is 0 Å². The molecule has 1 aromatic rings. The molecule has 1 unspecified atom stereocenters. The summed E-state index contributed by atoms with van der Waals surface area (Å²) in [7, 11) is 1.74. The maximum absolute atomic E-state index is 5.42. The molecule has 0 aliphatic heterocycles. The van der Waals surface area contributed by atoms with Gasteiger partial charge in [0.25, 0.3) is 0 Å². The number of aryl methyl sites for hydroxylation is 1. The quantitative estimate of drug-likeness (QED) is 0.794. The fourth-order valence-electron chi connectivity index (χ4n) is 1.92. The van der Waals surface area contributed by atoms with Crippen molar-refractivity contribution in [2.45, 2.75) is 39.7 Å². The highest BCUT2D eigenvalue weighted by molar-refractivity contribution is 5.39. The van der Waals surface area contributed by atoms with E-state index in [1.807, 2.05) is 0 Å². The Balaban J connectivity index is 2.92. The van der Waals surface area contributed by atoms with Crippen molar-refractivity contribution in [3.63, 3.8) is 0 Å². The summed E-state index contributed by atoms with van der Waals surface area (Å²) in [6.45, 7) is 7.56. The maximum atomic E-state index is 5.42. The van der Waals surface area contributed by atoms with Crippen LogP contribution in [0.25, 0.3) is 0 Å². The molecule has 1 aromatic carbocycles. The summed E-state index contributed by atoms with van der Waals surface area (Å²) in [5.74, 6) is 0.987. The lowest BCUT2D eigenvalue weighted by atomic mass is 10.0. The van der Waals surface area contributed by atoms with E-state index in [1.165, 1.54) is 11.1 Å². The van der Waals surface area contributed by atoms with E-state index in [4.69, 9.17) is 4.74 Å². The molecule has 1 rings (SSSR count). The molecule has 0 radical (unpaired) electrons. The Kier molecular flexibility index (Phi) is 5.33. The fraction of sp³-hybridized carbons (Fsp3) is 0.571. The van der Waals surface area contributed by atoms with Crippen LogP contribution in [-0.2, 0) is 0 Å². The van der Waals surface area contributed by atoms with Gasteiger partial charge in [0.05, 0.1) is 7.11 Å². The first-order valence-corrected chi connectivity index (χ1v) is 6.10. The van der Waals surface area contributed by atoms with E-state index in [-0.39, 0.29) is 0 Å². The second-order valence-electron chi connectivity index (χ2n) is 4.16. The van der Waals surface area contributed by atoms with Gasteiger partial charge in [-0.3, -0.25) is 0 Å². The van der Waals surface area contributed by atoms with Crippen molar-refractivity contribution in [3.8, 4) is 5.75 Å². The Morgan fingerprint density at radius 1 is 1.31 bits per heavy atom. The van der Waals surface area contributed by atoms with Crippen LogP contribution in [-0.4, -0.2) is 13.7 Å². The summed E-state index contributed by atoms with van der Waals surface area (Å²) in [6.07, 6.45) is 2.24. The van der Waals surface area contributed by atoms with E-state index in [9.17, 15) is 0 Å². The van der Waals surface area contributed by atoms with Crippen LogP contribution in [0, 0.1) is 6.92 Å². The van der Waals surface area contributed by atoms with Crippen LogP contribution in [0.15, 0.2) is 18.2 Å². The summed E-state index contributed by atoms with van der Waals surface area (Å²) in [5, 5.41) is 3.56. The van der Waals surface area contributed by atoms with E-state index in [0.29, 0.717) is 6.04 Å². The normalized spacial score (nSPS) is 12.5. The maximum Gasteiger partial charge on any atom is 0.123 e. The minimum atomic E-state index is 0.398. The molecule has 0 aromatic heterocycles. The van der Waals surface area contributed by atoms with Gasteiger partial charge < -0.3 is 10.1 Å². The minimum Gasteiger partial charge on any atom is -0.496 e. The van der Waals surface area contributed by atoms with Crippen LogP contribution < -0.4 is 10.1 Å². The molecular weight excluding hydrogens is 198 g/mol. The van der Waals surface area contributed by atoms with Gasteiger partial charge in [-0.2, -0.15) is 0 Å². The third-order valence-electron chi connectivity index (χ3n) is 2.81. The number of nitrogens with one attached hydrogen (secondary N) is 1. The molecule has 0 aliphatic rings. The third kappa shape index (κ3) is 3.24. The van der Waals surface area contributed by atoms with Crippen molar-refractivity contribution in [2.24, 2.45) is 0 Å². The van der Waals surface area contributed by atoms with Gasteiger partial charge in [-0.25, -0.2) is 0 Å². The molecular formula is C14H23NO. The summed E-state index contributed by atoms with van der Waals surface area (Å²) < 4.78 is 5.42. The van der Waals surface area contributed by atoms with Crippen LogP contribution in [0.1, 0.15) is 43.9 Å². The number of hydrogen-bond acceptors (Lipinski definition) is 2. The number of ether oxygens (including phenoxy) is 1. The number of benzene rings is 1. The van der Waals surface area contributed by atoms with Crippen LogP contribution in [0.4, 0.5) is 0 Å². The average Bonchev–Trinajstić information content (AvgIpc) is 2.30. The largest absolute Gasteiger partial charge is 0.496 e. The van der Waals surface area contributed by atoms with Gasteiger partial charge >= 0.3 is 0 Å². The Labute approximate surface area is 99.0 Å². The fourth-order valence-corrected chi connectivity index (χ4v) is 1.92. The van der Waals surface area contributed by atoms with Gasteiger partial charge in [0, 0.05) is 11.6 Å². The lowest BCUT2D eigenvalue weighted by molar-refractivity contribution is 0.396. The number of hydrogen-bond donors (Lipinski definition) is 1. The molecule has 2 nitrogen and oxygen atoms in total. The predicted molar refractivity (Wildman–Crippen MR) is 69.1 cm³/mol. The third-order valence-corrected chi connectivity index (χ3v) is 2.81. The lowest BCUT2D eigenvalue weighted by Gasteiger charge is -2.20. The molecule has 0 heterocycles. The van der Waals surface area contributed by atoms with Crippen LogP contribution in [0.3, 0.4) is 0 Å². The van der Waals surface area contributed by atoms with Crippen molar-refractivity contribution in [2.75, 3.05) is 13.7 Å². The van der Waals surface area contributed by atoms with Gasteiger partial charge in [0.15, 0.2) is 0 Å². The zero-order chi connectivity index (χ0) is 12.0. The van der Waals surface area contributed by atoms with Crippen molar-refractivity contribution in [1.82, 2.24) is 5.32 Å². The Morgan fingerprint density at radius 3 is 2.62 bits per heavy atom. The molecule has 1 atom stereocenters. The van der Waals surface area contributed by atoms with Gasteiger partial charge in [-0.05, 0) is 32.4 Å². The first kappa shape index (κ1) is 13.0. The Hall–Kier alpha value is -1.02. The summed E-state index contributed by atoms with van der Waals surface area (Å²) in [6, 6.07) is 6.76. The monoisotopic (exact) mass is 221 g/mol. The number of methoxy groups -OCH3 is 1. The molecule has 0 saturated heterocycles. The van der Waals surface area contributed by atoms with Gasteiger partial charge in [0.2, 0.25) is 0 Å². The SMILES string of the molecule is CCCNC(CC)c1cc(C)ccc1OC. The summed E-state index contributed by atoms with van der Waals surface area (Å²) >= 11 is 0. The topological polar surface area (TPSA) is 21.3 Å². The summed E-state index contributed by atoms with van der Waals surface area (Å²) in [5.41, 5.74) is 2.56. The van der Waals surface area contributed by atoms with E-state index in [1.54, 1.807) is 7.11 Å². The highest BCUT2D eigenvalue weighted by Gasteiger charge is 2.13. The molecule has 90 valence electrons. The second kappa shape index (κ2) is 6.54. The Morgan fingerprint density at radius 2 is 2.06 bits per heavy atom.